The van der Waals surface area contributed by atoms with Crippen molar-refractivity contribution in [3.63, 3.8) is 0 Å². The monoisotopic (exact) mass is 336 g/mol. The van der Waals surface area contributed by atoms with Crippen molar-refractivity contribution in [1.82, 2.24) is 15.1 Å². The van der Waals surface area contributed by atoms with Gasteiger partial charge in [0.2, 0.25) is 0 Å². The van der Waals surface area contributed by atoms with Gasteiger partial charge < -0.3 is 19.3 Å². The second-order valence-corrected chi connectivity index (χ2v) is 6.69. The number of carbonyl (C=O) groups is 1. The Hall–Kier alpha value is -1.60. The van der Waals surface area contributed by atoms with Gasteiger partial charge in [-0.25, -0.2) is 0 Å². The van der Waals surface area contributed by atoms with E-state index in [1.165, 1.54) is 6.42 Å². The highest BCUT2D eigenvalue weighted by molar-refractivity contribution is 5.80. The number of carbonyl (C=O) groups excluding carboxylic acids is 1. The van der Waals surface area contributed by atoms with Crippen molar-refractivity contribution in [1.29, 1.82) is 0 Å². The van der Waals surface area contributed by atoms with Crippen LogP contribution in [0.1, 0.15) is 31.9 Å². The number of rotatable bonds is 5. The van der Waals surface area contributed by atoms with Crippen LogP contribution in [-0.4, -0.2) is 72.6 Å². The van der Waals surface area contributed by atoms with Crippen molar-refractivity contribution in [2.24, 2.45) is 0 Å². The number of anilines is 1. The molecule has 2 fully saturated rings. The second-order valence-electron chi connectivity index (χ2n) is 6.69. The Kier molecular flexibility index (Phi) is 5.73. The van der Waals surface area contributed by atoms with Crippen LogP contribution in [0.5, 0.6) is 0 Å². The van der Waals surface area contributed by atoms with Gasteiger partial charge in [-0.1, -0.05) is 0 Å². The average Bonchev–Trinajstić information content (AvgIpc) is 3.06. The van der Waals surface area contributed by atoms with Gasteiger partial charge in [0, 0.05) is 44.5 Å². The third-order valence-electron chi connectivity index (χ3n) is 4.76. The van der Waals surface area contributed by atoms with Crippen molar-refractivity contribution in [2.45, 2.75) is 45.3 Å². The maximum Gasteiger partial charge on any atom is 0.251 e. The molecule has 2 atom stereocenters. The number of aryl methyl sites for hydroxylation is 1. The summed E-state index contributed by atoms with van der Waals surface area (Å²) in [6.07, 6.45) is 3.08. The van der Waals surface area contributed by atoms with Crippen LogP contribution < -0.4 is 4.90 Å². The Bertz CT molecular complexity index is 534. The topological polar surface area (TPSA) is 70.7 Å². The van der Waals surface area contributed by atoms with Crippen LogP contribution in [0.2, 0.25) is 0 Å². The first-order valence-corrected chi connectivity index (χ1v) is 8.92. The van der Waals surface area contributed by atoms with E-state index in [9.17, 15) is 4.79 Å². The highest BCUT2D eigenvalue weighted by atomic mass is 16.5. The first-order chi connectivity index (χ1) is 11.6. The summed E-state index contributed by atoms with van der Waals surface area (Å²) in [5.74, 6) is 1.03. The van der Waals surface area contributed by atoms with Crippen LogP contribution in [0.3, 0.4) is 0 Å². The fourth-order valence-electron chi connectivity index (χ4n) is 3.24. The van der Waals surface area contributed by atoms with Gasteiger partial charge in [-0.2, -0.15) is 5.10 Å². The van der Waals surface area contributed by atoms with Gasteiger partial charge in [-0.05, 0) is 33.1 Å². The van der Waals surface area contributed by atoms with Gasteiger partial charge in [-0.3, -0.25) is 9.89 Å². The summed E-state index contributed by atoms with van der Waals surface area (Å²) in [7, 11) is 0. The molecule has 134 valence electrons. The van der Waals surface area contributed by atoms with E-state index in [4.69, 9.17) is 9.47 Å². The van der Waals surface area contributed by atoms with Crippen LogP contribution in [0, 0.1) is 6.92 Å². The molecular weight excluding hydrogens is 308 g/mol. The van der Waals surface area contributed by atoms with Crippen LogP contribution in [0.4, 0.5) is 5.82 Å². The summed E-state index contributed by atoms with van der Waals surface area (Å²) in [5.41, 5.74) is 1.05. The predicted octanol–water partition coefficient (Wildman–Crippen LogP) is 1.34. The van der Waals surface area contributed by atoms with Crippen LogP contribution in [-0.2, 0) is 14.3 Å². The summed E-state index contributed by atoms with van der Waals surface area (Å²) in [6, 6.07) is 2.04. The molecule has 1 aromatic heterocycles. The maximum absolute atomic E-state index is 12.5. The van der Waals surface area contributed by atoms with Crippen LogP contribution in [0.15, 0.2) is 6.07 Å². The highest BCUT2D eigenvalue weighted by Gasteiger charge is 2.27. The van der Waals surface area contributed by atoms with E-state index in [0.717, 1.165) is 44.0 Å². The van der Waals surface area contributed by atoms with Crippen molar-refractivity contribution in [3.8, 4) is 0 Å². The average molecular weight is 336 g/mol. The zero-order chi connectivity index (χ0) is 16.9. The fraction of sp³-hybridized carbons (Fsp3) is 0.765. The first kappa shape index (κ1) is 17.2. The molecular formula is C17H28N4O3. The zero-order valence-corrected chi connectivity index (χ0v) is 14.7. The first-order valence-electron chi connectivity index (χ1n) is 8.92. The molecule has 1 amide bonds. The van der Waals surface area contributed by atoms with E-state index in [0.29, 0.717) is 19.7 Å². The summed E-state index contributed by atoms with van der Waals surface area (Å²) in [6.45, 7) is 8.17. The minimum Gasteiger partial charge on any atom is -0.376 e. The lowest BCUT2D eigenvalue weighted by molar-refractivity contribution is -0.146. The third kappa shape index (κ3) is 4.27. The SMILES string of the molecule is Cc1cc(N2CCN(C(=O)[C@@H](C)OC[C@@H]3CCCCO3)CC2)n[nH]1. The van der Waals surface area contributed by atoms with E-state index < -0.39 is 6.10 Å². The van der Waals surface area contributed by atoms with E-state index in [1.807, 2.05) is 24.8 Å². The quantitative estimate of drug-likeness (QED) is 0.879. The van der Waals surface area contributed by atoms with E-state index >= 15 is 0 Å². The molecule has 0 aliphatic carbocycles. The molecule has 7 nitrogen and oxygen atoms in total. The number of hydrogen-bond acceptors (Lipinski definition) is 5. The second kappa shape index (κ2) is 7.98. The normalized spacial score (nSPS) is 23.3. The number of ether oxygens (including phenoxy) is 2. The molecule has 2 aliphatic rings. The summed E-state index contributed by atoms with van der Waals surface area (Å²) >= 11 is 0. The van der Waals surface area contributed by atoms with Gasteiger partial charge in [0.25, 0.3) is 5.91 Å². The molecule has 0 bridgehead atoms. The van der Waals surface area contributed by atoms with E-state index in [1.54, 1.807) is 0 Å². The molecule has 2 saturated heterocycles. The number of nitrogens with one attached hydrogen (secondary N) is 1. The molecule has 0 aromatic carbocycles. The molecule has 1 N–H and O–H groups in total. The third-order valence-corrected chi connectivity index (χ3v) is 4.76. The number of nitrogens with zero attached hydrogens (tertiary/aromatic N) is 3. The highest BCUT2D eigenvalue weighted by Crippen LogP contribution is 2.16. The minimum absolute atomic E-state index is 0.0728. The Morgan fingerprint density at radius 1 is 1.42 bits per heavy atom. The lowest BCUT2D eigenvalue weighted by atomic mass is 10.1. The van der Waals surface area contributed by atoms with Crippen LogP contribution >= 0.6 is 0 Å². The zero-order valence-electron chi connectivity index (χ0n) is 14.7. The number of hydrogen-bond donors (Lipinski definition) is 1. The lowest BCUT2D eigenvalue weighted by Gasteiger charge is -2.36. The Balaban J connectivity index is 1.42. The minimum atomic E-state index is -0.408. The molecule has 2 aliphatic heterocycles. The maximum atomic E-state index is 12.5. The van der Waals surface area contributed by atoms with Gasteiger partial charge in [0.1, 0.15) is 6.10 Å². The van der Waals surface area contributed by atoms with Gasteiger partial charge in [0.15, 0.2) is 5.82 Å². The standard InChI is InChI=1S/C17H28N4O3/c1-13-11-16(19-18-13)20-6-8-21(9-7-20)17(22)14(2)24-12-15-5-3-4-10-23-15/h11,14-15H,3-10,12H2,1-2H3,(H,18,19)/t14-,15+/m1/s1. The molecule has 0 spiro atoms. The molecule has 0 radical (unpaired) electrons. The number of H-pyrrole nitrogens is 1. The van der Waals surface area contributed by atoms with Crippen molar-refractivity contribution >= 4 is 11.7 Å². The van der Waals surface area contributed by atoms with Crippen LogP contribution in [0.25, 0.3) is 0 Å². The summed E-state index contributed by atoms with van der Waals surface area (Å²) in [5, 5.41) is 7.25. The smallest absolute Gasteiger partial charge is 0.251 e. The van der Waals surface area contributed by atoms with Crippen molar-refractivity contribution in [2.75, 3.05) is 44.3 Å². The molecule has 1 aromatic rings. The van der Waals surface area contributed by atoms with Gasteiger partial charge in [-0.15, -0.1) is 0 Å². The van der Waals surface area contributed by atoms with E-state index in [2.05, 4.69) is 15.1 Å². The number of aromatic amines is 1. The van der Waals surface area contributed by atoms with Gasteiger partial charge in [0.05, 0.1) is 12.7 Å². The largest absolute Gasteiger partial charge is 0.376 e. The summed E-state index contributed by atoms with van der Waals surface area (Å²) < 4.78 is 11.4. The summed E-state index contributed by atoms with van der Waals surface area (Å²) in [4.78, 5) is 16.6. The Labute approximate surface area is 143 Å². The van der Waals surface area contributed by atoms with Crippen molar-refractivity contribution < 1.29 is 14.3 Å². The molecule has 24 heavy (non-hydrogen) atoms. The lowest BCUT2D eigenvalue weighted by Crippen LogP contribution is -2.51. The fourth-order valence-corrected chi connectivity index (χ4v) is 3.24. The predicted molar refractivity (Wildman–Crippen MR) is 91.1 cm³/mol. The Morgan fingerprint density at radius 2 is 2.21 bits per heavy atom. The number of piperazine rings is 1. The van der Waals surface area contributed by atoms with Gasteiger partial charge >= 0.3 is 0 Å². The van der Waals surface area contributed by atoms with Crippen molar-refractivity contribution in [3.05, 3.63) is 11.8 Å². The molecule has 3 rings (SSSR count). The number of aromatic nitrogens is 2. The number of amides is 1. The molecule has 0 saturated carbocycles. The molecule has 7 heteroatoms. The van der Waals surface area contributed by atoms with E-state index in [-0.39, 0.29) is 12.0 Å². The molecule has 3 heterocycles. The molecule has 0 unspecified atom stereocenters. The Morgan fingerprint density at radius 3 is 2.83 bits per heavy atom.